The SMILES string of the molecule is C[C@H](COc1cccc2c1CN(C1CCC(=O)NC1=O)C2=O)OS(C)(=O)=O. The molecule has 0 aromatic heterocycles. The van der Waals surface area contributed by atoms with E-state index in [-0.39, 0.29) is 37.8 Å². The molecule has 1 fully saturated rings. The molecule has 3 rings (SSSR count). The summed E-state index contributed by atoms with van der Waals surface area (Å²) >= 11 is 0. The van der Waals surface area contributed by atoms with E-state index in [9.17, 15) is 22.8 Å². The minimum absolute atomic E-state index is 0.0177. The highest BCUT2D eigenvalue weighted by Crippen LogP contribution is 2.33. The molecular weight excluding hydrogens is 376 g/mol. The Hall–Kier alpha value is -2.46. The predicted octanol–water partition coefficient (Wildman–Crippen LogP) is 0.191. The van der Waals surface area contributed by atoms with Crippen LogP contribution in [0.1, 0.15) is 35.7 Å². The first kappa shape index (κ1) is 19.3. The molecule has 146 valence electrons. The van der Waals surface area contributed by atoms with E-state index in [1.54, 1.807) is 25.1 Å². The van der Waals surface area contributed by atoms with Crippen LogP contribution in [0.25, 0.3) is 0 Å². The average Bonchev–Trinajstić information content (AvgIpc) is 2.89. The second kappa shape index (κ2) is 7.28. The average molecular weight is 396 g/mol. The fraction of sp³-hybridized carbons (Fsp3) is 0.471. The monoisotopic (exact) mass is 396 g/mol. The van der Waals surface area contributed by atoms with E-state index in [2.05, 4.69) is 5.32 Å². The number of hydrogen-bond acceptors (Lipinski definition) is 7. The Kier molecular flexibility index (Phi) is 5.20. The summed E-state index contributed by atoms with van der Waals surface area (Å²) in [5.74, 6) is -0.695. The number of carbonyl (C=O) groups is 3. The molecule has 1 aromatic rings. The second-order valence-corrected chi connectivity index (χ2v) is 8.20. The first-order valence-corrected chi connectivity index (χ1v) is 10.2. The van der Waals surface area contributed by atoms with Gasteiger partial charge in [-0.15, -0.1) is 0 Å². The molecule has 0 saturated carbocycles. The topological polar surface area (TPSA) is 119 Å². The van der Waals surface area contributed by atoms with E-state index in [1.165, 1.54) is 4.90 Å². The van der Waals surface area contributed by atoms with Crippen LogP contribution in [0.3, 0.4) is 0 Å². The molecule has 1 saturated heterocycles. The fourth-order valence-electron chi connectivity index (χ4n) is 3.23. The van der Waals surface area contributed by atoms with Crippen LogP contribution < -0.4 is 10.1 Å². The molecule has 2 heterocycles. The van der Waals surface area contributed by atoms with Crippen LogP contribution in [-0.2, 0) is 30.4 Å². The second-order valence-electron chi connectivity index (χ2n) is 6.60. The van der Waals surface area contributed by atoms with Gasteiger partial charge in [0.25, 0.3) is 16.0 Å². The van der Waals surface area contributed by atoms with Crippen LogP contribution in [0.2, 0.25) is 0 Å². The van der Waals surface area contributed by atoms with E-state index in [0.717, 1.165) is 6.26 Å². The van der Waals surface area contributed by atoms with Crippen molar-refractivity contribution in [2.45, 2.75) is 38.5 Å². The summed E-state index contributed by atoms with van der Waals surface area (Å²) in [5, 5.41) is 2.25. The number of hydrogen-bond donors (Lipinski definition) is 1. The number of ether oxygens (including phenoxy) is 1. The van der Waals surface area contributed by atoms with Gasteiger partial charge in [-0.25, -0.2) is 0 Å². The van der Waals surface area contributed by atoms with E-state index in [0.29, 0.717) is 16.9 Å². The summed E-state index contributed by atoms with van der Waals surface area (Å²) in [5.41, 5.74) is 1.05. The third-order valence-electron chi connectivity index (χ3n) is 4.35. The van der Waals surface area contributed by atoms with Crippen molar-refractivity contribution in [3.8, 4) is 5.75 Å². The molecule has 27 heavy (non-hydrogen) atoms. The van der Waals surface area contributed by atoms with Crippen molar-refractivity contribution >= 4 is 27.8 Å². The van der Waals surface area contributed by atoms with Gasteiger partial charge in [-0.05, 0) is 25.5 Å². The molecule has 1 aromatic carbocycles. The van der Waals surface area contributed by atoms with Gasteiger partial charge in [0.15, 0.2) is 0 Å². The molecule has 1 N–H and O–H groups in total. The van der Waals surface area contributed by atoms with E-state index in [4.69, 9.17) is 8.92 Å². The lowest BCUT2D eigenvalue weighted by Crippen LogP contribution is -2.52. The van der Waals surface area contributed by atoms with Crippen LogP contribution in [0.4, 0.5) is 0 Å². The fourth-order valence-corrected chi connectivity index (χ4v) is 3.88. The number of fused-ring (bicyclic) bond motifs is 1. The molecule has 2 atom stereocenters. The normalized spacial score (nSPS) is 21.0. The molecule has 2 aliphatic rings. The number of nitrogens with zero attached hydrogens (tertiary/aromatic N) is 1. The zero-order valence-electron chi connectivity index (χ0n) is 14.9. The van der Waals surface area contributed by atoms with Gasteiger partial charge in [0.2, 0.25) is 11.8 Å². The van der Waals surface area contributed by atoms with Gasteiger partial charge in [0.05, 0.1) is 12.8 Å². The molecule has 2 aliphatic heterocycles. The van der Waals surface area contributed by atoms with Crippen molar-refractivity contribution in [1.82, 2.24) is 10.2 Å². The van der Waals surface area contributed by atoms with Gasteiger partial charge in [-0.2, -0.15) is 8.42 Å². The maximum atomic E-state index is 12.7. The van der Waals surface area contributed by atoms with Crippen molar-refractivity contribution < 1.29 is 31.7 Å². The summed E-state index contributed by atoms with van der Waals surface area (Å²) in [6, 6.07) is 4.27. The first-order valence-electron chi connectivity index (χ1n) is 8.43. The van der Waals surface area contributed by atoms with Gasteiger partial charge in [0.1, 0.15) is 24.5 Å². The number of benzene rings is 1. The van der Waals surface area contributed by atoms with Crippen molar-refractivity contribution in [2.75, 3.05) is 12.9 Å². The number of piperidine rings is 1. The standard InChI is InChI=1S/C17H20N2O7S/c1-10(26-27(2,23)24)9-25-14-5-3-4-11-12(14)8-19(17(11)22)13-6-7-15(20)18-16(13)21/h3-5,10,13H,6-9H2,1-2H3,(H,18,20,21)/t10-,13?/m1/s1. The van der Waals surface area contributed by atoms with Gasteiger partial charge in [-0.1, -0.05) is 6.07 Å². The minimum atomic E-state index is -3.60. The molecule has 1 unspecified atom stereocenters. The van der Waals surface area contributed by atoms with Crippen molar-refractivity contribution in [3.05, 3.63) is 29.3 Å². The highest BCUT2D eigenvalue weighted by Gasteiger charge is 2.40. The summed E-state index contributed by atoms with van der Waals surface area (Å²) in [6.07, 6.45) is 0.722. The van der Waals surface area contributed by atoms with Crippen LogP contribution in [0, 0.1) is 0 Å². The number of rotatable bonds is 6. The molecule has 0 spiro atoms. The number of nitrogens with one attached hydrogen (secondary N) is 1. The maximum Gasteiger partial charge on any atom is 0.264 e. The van der Waals surface area contributed by atoms with E-state index >= 15 is 0 Å². The number of imide groups is 1. The zero-order chi connectivity index (χ0) is 19.8. The Morgan fingerprint density at radius 2 is 2.04 bits per heavy atom. The number of carbonyl (C=O) groups excluding carboxylic acids is 3. The quantitative estimate of drug-likeness (QED) is 0.538. The van der Waals surface area contributed by atoms with Gasteiger partial charge in [-0.3, -0.25) is 23.9 Å². The Morgan fingerprint density at radius 3 is 2.70 bits per heavy atom. The third kappa shape index (κ3) is 4.28. The van der Waals surface area contributed by atoms with Gasteiger partial charge in [0, 0.05) is 17.5 Å². The van der Waals surface area contributed by atoms with Crippen molar-refractivity contribution in [3.63, 3.8) is 0 Å². The van der Waals surface area contributed by atoms with Crippen LogP contribution in [0.15, 0.2) is 18.2 Å². The summed E-state index contributed by atoms with van der Waals surface area (Å²) < 4.78 is 32.8. The van der Waals surface area contributed by atoms with Crippen LogP contribution in [0.5, 0.6) is 5.75 Å². The predicted molar refractivity (Wildman–Crippen MR) is 93.4 cm³/mol. The highest BCUT2D eigenvalue weighted by atomic mass is 32.2. The molecular formula is C17H20N2O7S. The third-order valence-corrected chi connectivity index (χ3v) is 5.03. The molecule has 3 amide bonds. The molecule has 9 nitrogen and oxygen atoms in total. The lowest BCUT2D eigenvalue weighted by Gasteiger charge is -2.29. The Bertz CT molecular complexity index is 897. The van der Waals surface area contributed by atoms with E-state index in [1.807, 2.05) is 0 Å². The summed E-state index contributed by atoms with van der Waals surface area (Å²) in [6.45, 7) is 1.72. The smallest absolute Gasteiger partial charge is 0.264 e. The van der Waals surface area contributed by atoms with Crippen LogP contribution >= 0.6 is 0 Å². The van der Waals surface area contributed by atoms with Crippen molar-refractivity contribution in [1.29, 1.82) is 0 Å². The summed E-state index contributed by atoms with van der Waals surface area (Å²) in [7, 11) is -3.60. The van der Waals surface area contributed by atoms with Gasteiger partial charge < -0.3 is 9.64 Å². The Morgan fingerprint density at radius 1 is 1.30 bits per heavy atom. The van der Waals surface area contributed by atoms with E-state index < -0.39 is 28.2 Å². The molecule has 10 heteroatoms. The highest BCUT2D eigenvalue weighted by molar-refractivity contribution is 7.86. The van der Waals surface area contributed by atoms with Crippen molar-refractivity contribution in [2.24, 2.45) is 0 Å². The number of amides is 3. The lowest BCUT2D eigenvalue weighted by molar-refractivity contribution is -0.136. The summed E-state index contributed by atoms with van der Waals surface area (Å²) in [4.78, 5) is 37.5. The lowest BCUT2D eigenvalue weighted by atomic mass is 10.0. The van der Waals surface area contributed by atoms with Gasteiger partial charge >= 0.3 is 0 Å². The minimum Gasteiger partial charge on any atom is -0.490 e. The van der Waals surface area contributed by atoms with Crippen LogP contribution in [-0.4, -0.2) is 56.0 Å². The molecule has 0 bridgehead atoms. The largest absolute Gasteiger partial charge is 0.490 e. The molecule has 0 aliphatic carbocycles. The Labute approximate surface area is 156 Å². The molecule has 0 radical (unpaired) electrons. The maximum absolute atomic E-state index is 12.7. The Balaban J connectivity index is 1.74. The zero-order valence-corrected chi connectivity index (χ0v) is 15.7. The first-order chi connectivity index (χ1) is 12.7.